The van der Waals surface area contributed by atoms with E-state index in [4.69, 9.17) is 11.1 Å². The summed E-state index contributed by atoms with van der Waals surface area (Å²) in [7, 11) is 4.41. The van der Waals surface area contributed by atoms with E-state index in [0.717, 1.165) is 18.7 Å². The zero-order chi connectivity index (χ0) is 14.7. The first-order valence-electron chi connectivity index (χ1n) is 7.30. The Hall–Kier alpha value is -1.39. The Balaban J connectivity index is 1.97. The van der Waals surface area contributed by atoms with Crippen LogP contribution in [0.15, 0.2) is 18.2 Å². The van der Waals surface area contributed by atoms with Crippen LogP contribution in [0.3, 0.4) is 0 Å². The Labute approximate surface area is 122 Å². The topological polar surface area (TPSA) is 56.4 Å². The number of nitrogens with one attached hydrogen (secondary N) is 1. The highest BCUT2D eigenvalue weighted by Gasteiger charge is 2.22. The van der Waals surface area contributed by atoms with Gasteiger partial charge in [-0.15, -0.1) is 0 Å². The van der Waals surface area contributed by atoms with Gasteiger partial charge in [0.05, 0.1) is 0 Å². The minimum atomic E-state index is 0.139. The maximum Gasteiger partial charge on any atom is 0.122 e. The predicted molar refractivity (Wildman–Crippen MR) is 84.2 cm³/mol. The SMILES string of the molecule is Cc1cc(C(=N)N)ccc1CN(C)CC1CCCN1C. The molecule has 1 aliphatic rings. The molecule has 0 aliphatic carbocycles. The van der Waals surface area contributed by atoms with E-state index in [1.807, 2.05) is 12.1 Å². The lowest BCUT2D eigenvalue weighted by Gasteiger charge is -2.26. The highest BCUT2D eigenvalue weighted by atomic mass is 15.2. The average Bonchev–Trinajstić information content (AvgIpc) is 2.77. The quantitative estimate of drug-likeness (QED) is 0.636. The summed E-state index contributed by atoms with van der Waals surface area (Å²) in [6.45, 7) is 5.39. The van der Waals surface area contributed by atoms with E-state index in [1.165, 1.54) is 30.5 Å². The van der Waals surface area contributed by atoms with Crippen LogP contribution in [-0.2, 0) is 6.54 Å². The van der Waals surface area contributed by atoms with Crippen LogP contribution >= 0.6 is 0 Å². The van der Waals surface area contributed by atoms with E-state index in [9.17, 15) is 0 Å². The van der Waals surface area contributed by atoms with Gasteiger partial charge in [0.1, 0.15) is 5.84 Å². The van der Waals surface area contributed by atoms with Crippen LogP contribution in [0.2, 0.25) is 0 Å². The van der Waals surface area contributed by atoms with E-state index in [2.05, 4.69) is 36.9 Å². The second-order valence-corrected chi connectivity index (χ2v) is 6.03. The van der Waals surface area contributed by atoms with Gasteiger partial charge in [0, 0.05) is 24.7 Å². The summed E-state index contributed by atoms with van der Waals surface area (Å²) in [4.78, 5) is 4.85. The zero-order valence-corrected chi connectivity index (χ0v) is 12.8. The first kappa shape index (κ1) is 15.0. The summed E-state index contributed by atoms with van der Waals surface area (Å²) in [5.41, 5.74) is 8.87. The number of likely N-dealkylation sites (tertiary alicyclic amines) is 1. The maximum atomic E-state index is 7.48. The molecule has 0 aromatic heterocycles. The zero-order valence-electron chi connectivity index (χ0n) is 12.8. The molecule has 110 valence electrons. The lowest BCUT2D eigenvalue weighted by Crippen LogP contribution is -2.36. The van der Waals surface area contributed by atoms with Gasteiger partial charge < -0.3 is 15.5 Å². The number of hydrogen-bond donors (Lipinski definition) is 2. The number of rotatable bonds is 5. The van der Waals surface area contributed by atoms with Gasteiger partial charge in [0.25, 0.3) is 0 Å². The molecule has 0 radical (unpaired) electrons. The van der Waals surface area contributed by atoms with Crippen LogP contribution in [0.5, 0.6) is 0 Å². The molecule has 1 heterocycles. The van der Waals surface area contributed by atoms with Gasteiger partial charge in [-0.25, -0.2) is 0 Å². The highest BCUT2D eigenvalue weighted by molar-refractivity contribution is 5.95. The molecule has 0 saturated carbocycles. The van der Waals surface area contributed by atoms with Crippen molar-refractivity contribution in [2.45, 2.75) is 32.4 Å². The van der Waals surface area contributed by atoms with Crippen molar-refractivity contribution in [2.75, 3.05) is 27.2 Å². The van der Waals surface area contributed by atoms with Crippen molar-refractivity contribution in [3.63, 3.8) is 0 Å². The van der Waals surface area contributed by atoms with Crippen molar-refractivity contribution in [3.8, 4) is 0 Å². The normalized spacial score (nSPS) is 19.7. The van der Waals surface area contributed by atoms with Crippen molar-refractivity contribution < 1.29 is 0 Å². The first-order valence-corrected chi connectivity index (χ1v) is 7.30. The van der Waals surface area contributed by atoms with Crippen molar-refractivity contribution in [3.05, 3.63) is 34.9 Å². The Bertz CT molecular complexity index is 483. The summed E-state index contributed by atoms with van der Waals surface area (Å²) in [6.07, 6.45) is 2.63. The molecule has 1 unspecified atom stereocenters. The second kappa shape index (κ2) is 6.37. The third-order valence-electron chi connectivity index (χ3n) is 4.29. The molecule has 20 heavy (non-hydrogen) atoms. The number of nitrogen functional groups attached to an aromatic ring is 1. The number of amidine groups is 1. The molecule has 0 bridgehead atoms. The number of aryl methyl sites for hydroxylation is 1. The smallest absolute Gasteiger partial charge is 0.122 e. The molecule has 3 N–H and O–H groups in total. The van der Waals surface area contributed by atoms with E-state index < -0.39 is 0 Å². The second-order valence-electron chi connectivity index (χ2n) is 6.03. The minimum absolute atomic E-state index is 0.139. The fourth-order valence-electron chi connectivity index (χ4n) is 2.97. The van der Waals surface area contributed by atoms with Gasteiger partial charge in [0.15, 0.2) is 0 Å². The van der Waals surface area contributed by atoms with Crippen molar-refractivity contribution in [2.24, 2.45) is 5.73 Å². The van der Waals surface area contributed by atoms with Gasteiger partial charge >= 0.3 is 0 Å². The average molecular weight is 274 g/mol. The molecule has 1 saturated heterocycles. The molecule has 2 rings (SSSR count). The first-order chi connectivity index (χ1) is 9.47. The number of benzene rings is 1. The number of likely N-dealkylation sites (N-methyl/N-ethyl adjacent to an activating group) is 2. The standard InChI is InChI=1S/C16H26N4/c1-12-9-13(16(17)18)6-7-14(12)10-19(2)11-15-5-4-8-20(15)3/h6-7,9,15H,4-5,8,10-11H2,1-3H3,(H3,17,18). The van der Waals surface area contributed by atoms with Crippen LogP contribution < -0.4 is 5.73 Å². The predicted octanol–water partition coefficient (Wildman–Crippen LogP) is 1.81. The van der Waals surface area contributed by atoms with Gasteiger partial charge in [-0.05, 0) is 57.6 Å². The molecule has 1 fully saturated rings. The van der Waals surface area contributed by atoms with Crippen LogP contribution in [-0.4, -0.2) is 48.9 Å². The van der Waals surface area contributed by atoms with E-state index in [0.29, 0.717) is 6.04 Å². The van der Waals surface area contributed by atoms with Crippen molar-refractivity contribution >= 4 is 5.84 Å². The summed E-state index contributed by atoms with van der Waals surface area (Å²) >= 11 is 0. The maximum absolute atomic E-state index is 7.48. The van der Waals surface area contributed by atoms with Crippen molar-refractivity contribution in [1.82, 2.24) is 9.80 Å². The van der Waals surface area contributed by atoms with E-state index >= 15 is 0 Å². The number of nitrogens with two attached hydrogens (primary N) is 1. The van der Waals surface area contributed by atoms with E-state index in [-0.39, 0.29) is 5.84 Å². The Morgan fingerprint density at radius 2 is 2.25 bits per heavy atom. The van der Waals surface area contributed by atoms with E-state index in [1.54, 1.807) is 0 Å². The Kier molecular flexibility index (Phi) is 4.78. The molecular formula is C16H26N4. The van der Waals surface area contributed by atoms with Gasteiger partial charge in [-0.3, -0.25) is 5.41 Å². The molecule has 4 heteroatoms. The molecule has 4 nitrogen and oxygen atoms in total. The molecule has 1 aromatic rings. The Morgan fingerprint density at radius 3 is 2.80 bits per heavy atom. The number of hydrogen-bond acceptors (Lipinski definition) is 3. The molecule has 1 aromatic carbocycles. The summed E-state index contributed by atoms with van der Waals surface area (Å²) in [5.74, 6) is 0.139. The van der Waals surface area contributed by atoms with Crippen LogP contribution in [0.25, 0.3) is 0 Å². The van der Waals surface area contributed by atoms with Gasteiger partial charge in [-0.1, -0.05) is 12.1 Å². The Morgan fingerprint density at radius 1 is 1.50 bits per heavy atom. The van der Waals surface area contributed by atoms with Crippen molar-refractivity contribution in [1.29, 1.82) is 5.41 Å². The minimum Gasteiger partial charge on any atom is -0.384 e. The fourth-order valence-corrected chi connectivity index (χ4v) is 2.97. The monoisotopic (exact) mass is 274 g/mol. The lowest BCUT2D eigenvalue weighted by molar-refractivity contribution is 0.215. The lowest BCUT2D eigenvalue weighted by atomic mass is 10.0. The molecule has 0 amide bonds. The summed E-state index contributed by atoms with van der Waals surface area (Å²) in [5, 5.41) is 7.48. The molecule has 1 atom stereocenters. The summed E-state index contributed by atoms with van der Waals surface area (Å²) in [6, 6.07) is 6.74. The van der Waals surface area contributed by atoms with Crippen LogP contribution in [0, 0.1) is 12.3 Å². The van der Waals surface area contributed by atoms with Crippen LogP contribution in [0.1, 0.15) is 29.5 Å². The molecule has 1 aliphatic heterocycles. The van der Waals surface area contributed by atoms with Crippen LogP contribution in [0.4, 0.5) is 0 Å². The molecular weight excluding hydrogens is 248 g/mol. The third kappa shape index (κ3) is 3.58. The fraction of sp³-hybridized carbons (Fsp3) is 0.562. The van der Waals surface area contributed by atoms with Gasteiger partial charge in [-0.2, -0.15) is 0 Å². The molecule has 0 spiro atoms. The summed E-state index contributed by atoms with van der Waals surface area (Å²) < 4.78 is 0. The largest absolute Gasteiger partial charge is 0.384 e. The third-order valence-corrected chi connectivity index (χ3v) is 4.29. The van der Waals surface area contributed by atoms with Gasteiger partial charge in [0.2, 0.25) is 0 Å². The highest BCUT2D eigenvalue weighted by Crippen LogP contribution is 2.17. The number of nitrogens with zero attached hydrogens (tertiary/aromatic N) is 2.